The fourth-order valence-corrected chi connectivity index (χ4v) is 5.00. The van der Waals surface area contributed by atoms with Gasteiger partial charge in [0.25, 0.3) is 0 Å². The van der Waals surface area contributed by atoms with E-state index < -0.39 is 6.23 Å². The summed E-state index contributed by atoms with van der Waals surface area (Å²) in [6.45, 7) is 2.16. The first-order valence-electron chi connectivity index (χ1n) is 11.8. The lowest BCUT2D eigenvalue weighted by atomic mass is 10.1. The molecule has 4 rings (SSSR count). The van der Waals surface area contributed by atoms with E-state index in [-0.39, 0.29) is 41.3 Å². The molecular weight excluding hydrogens is 536 g/mol. The number of fused-ring (bicyclic) bond motifs is 1. The van der Waals surface area contributed by atoms with Crippen molar-refractivity contribution in [3.05, 3.63) is 98.4 Å². The summed E-state index contributed by atoms with van der Waals surface area (Å²) in [5, 5.41) is 26.9. The second kappa shape index (κ2) is 15.1. The van der Waals surface area contributed by atoms with Gasteiger partial charge in [-0.25, -0.2) is 4.39 Å². The van der Waals surface area contributed by atoms with Crippen molar-refractivity contribution in [2.45, 2.75) is 31.9 Å². The number of thiazole rings is 1. The third-order valence-corrected chi connectivity index (χ3v) is 6.91. The van der Waals surface area contributed by atoms with Gasteiger partial charge >= 0.3 is 4.87 Å². The van der Waals surface area contributed by atoms with Crippen LogP contribution in [-0.2, 0) is 25.7 Å². The van der Waals surface area contributed by atoms with Gasteiger partial charge in [-0.3, -0.25) is 10.1 Å². The van der Waals surface area contributed by atoms with Crippen molar-refractivity contribution in [1.29, 1.82) is 0 Å². The van der Waals surface area contributed by atoms with Gasteiger partial charge in [0.2, 0.25) is 0 Å². The molecule has 0 aliphatic rings. The van der Waals surface area contributed by atoms with Gasteiger partial charge in [0.15, 0.2) is 0 Å². The van der Waals surface area contributed by atoms with Crippen molar-refractivity contribution in [1.82, 2.24) is 15.6 Å². The summed E-state index contributed by atoms with van der Waals surface area (Å²) in [4.78, 5) is 14.1. The Morgan fingerprint density at radius 1 is 0.892 bits per heavy atom. The quantitative estimate of drug-likeness (QED) is 0.129. The van der Waals surface area contributed by atoms with Gasteiger partial charge in [-0.05, 0) is 66.7 Å². The Morgan fingerprint density at radius 2 is 1.59 bits per heavy atom. The highest BCUT2D eigenvalue weighted by atomic mass is 35.5. The molecule has 1 unspecified atom stereocenters. The van der Waals surface area contributed by atoms with E-state index in [1.54, 1.807) is 12.1 Å². The molecule has 0 fully saturated rings. The fraction of sp³-hybridized carbons (Fsp3) is 0.296. The largest absolute Gasteiger partial charge is 0.506 e. The first-order chi connectivity index (χ1) is 17.0. The van der Waals surface area contributed by atoms with Crippen LogP contribution in [-0.4, -0.2) is 41.1 Å². The molecule has 37 heavy (non-hydrogen) atoms. The number of halogens is 3. The van der Waals surface area contributed by atoms with Gasteiger partial charge in [-0.1, -0.05) is 59.9 Å². The molecule has 0 radical (unpaired) electrons. The Labute approximate surface area is 231 Å². The van der Waals surface area contributed by atoms with Crippen molar-refractivity contribution in [3.8, 4) is 5.75 Å². The van der Waals surface area contributed by atoms with E-state index in [9.17, 15) is 19.4 Å². The van der Waals surface area contributed by atoms with Crippen LogP contribution in [0, 0.1) is 5.82 Å². The van der Waals surface area contributed by atoms with E-state index in [0.29, 0.717) is 29.6 Å². The SMILES string of the molecule is Cl.Cl.O=c1[nH]c2c(O)ccc(CC(O)NCCc3cccc(CCNCCc4ccccc4F)c3)c2s1. The second-order valence-electron chi connectivity index (χ2n) is 8.55. The predicted molar refractivity (Wildman–Crippen MR) is 153 cm³/mol. The third-order valence-electron chi connectivity index (χ3n) is 5.96. The molecule has 3 aromatic carbocycles. The summed E-state index contributed by atoms with van der Waals surface area (Å²) in [6.07, 6.45) is 1.90. The molecule has 0 amide bonds. The van der Waals surface area contributed by atoms with E-state index in [4.69, 9.17) is 0 Å². The van der Waals surface area contributed by atoms with Gasteiger partial charge in [-0.2, -0.15) is 0 Å². The van der Waals surface area contributed by atoms with Crippen LogP contribution in [0.2, 0.25) is 0 Å². The van der Waals surface area contributed by atoms with Crippen molar-refractivity contribution in [3.63, 3.8) is 0 Å². The molecule has 4 aromatic rings. The Morgan fingerprint density at radius 3 is 2.35 bits per heavy atom. The summed E-state index contributed by atoms with van der Waals surface area (Å²) < 4.78 is 14.3. The number of aliphatic hydroxyl groups is 1. The van der Waals surface area contributed by atoms with Crippen LogP contribution in [0.4, 0.5) is 4.39 Å². The molecule has 1 atom stereocenters. The summed E-state index contributed by atoms with van der Waals surface area (Å²) in [5.41, 5.74) is 4.38. The van der Waals surface area contributed by atoms with Crippen LogP contribution in [0.1, 0.15) is 22.3 Å². The molecule has 1 aromatic heterocycles. The molecule has 0 bridgehead atoms. The van der Waals surface area contributed by atoms with Crippen LogP contribution in [0.5, 0.6) is 5.75 Å². The average molecular weight is 569 g/mol. The summed E-state index contributed by atoms with van der Waals surface area (Å²) in [5.74, 6) is -0.122. The lowest BCUT2D eigenvalue weighted by Gasteiger charge is -2.14. The van der Waals surface area contributed by atoms with E-state index in [1.807, 2.05) is 18.2 Å². The van der Waals surface area contributed by atoms with E-state index >= 15 is 0 Å². The average Bonchev–Trinajstić information content (AvgIpc) is 3.25. The van der Waals surface area contributed by atoms with Crippen molar-refractivity contribution >= 4 is 46.4 Å². The number of rotatable bonds is 12. The number of aromatic nitrogens is 1. The summed E-state index contributed by atoms with van der Waals surface area (Å²) >= 11 is 1.03. The van der Waals surface area contributed by atoms with Crippen LogP contribution >= 0.6 is 36.2 Å². The smallest absolute Gasteiger partial charge is 0.305 e. The Bertz CT molecular complexity index is 1330. The minimum atomic E-state index is -0.762. The highest BCUT2D eigenvalue weighted by Crippen LogP contribution is 2.28. The maximum absolute atomic E-state index is 13.7. The zero-order valence-electron chi connectivity index (χ0n) is 20.2. The van der Waals surface area contributed by atoms with Crippen LogP contribution < -0.4 is 15.5 Å². The standard InChI is InChI=1S/C27H30FN3O3S.2ClH/c28-22-7-2-1-6-20(22)12-14-29-13-10-18-4-3-5-19(16-18)11-15-30-24(33)17-21-8-9-23(32)25-26(21)35-27(34)31-25;;/h1-9,16,24,29-30,32-33H,10-15,17H2,(H,31,34);2*1H. The zero-order valence-corrected chi connectivity index (χ0v) is 22.7. The number of nitrogens with one attached hydrogen (secondary N) is 3. The van der Waals surface area contributed by atoms with Crippen LogP contribution in [0.15, 0.2) is 65.5 Å². The van der Waals surface area contributed by atoms with Gasteiger partial charge < -0.3 is 20.5 Å². The lowest BCUT2D eigenvalue weighted by molar-refractivity contribution is 0.138. The van der Waals surface area contributed by atoms with Crippen molar-refractivity contribution in [2.75, 3.05) is 19.6 Å². The first kappa shape index (κ1) is 30.8. The molecule has 200 valence electrons. The monoisotopic (exact) mass is 567 g/mol. The Hall–Kier alpha value is -2.46. The predicted octanol–water partition coefficient (Wildman–Crippen LogP) is 4.35. The molecule has 1 heterocycles. The highest BCUT2D eigenvalue weighted by molar-refractivity contribution is 7.16. The molecule has 0 aliphatic heterocycles. The van der Waals surface area contributed by atoms with E-state index in [2.05, 4.69) is 33.8 Å². The van der Waals surface area contributed by atoms with Gasteiger partial charge in [0.1, 0.15) is 23.3 Å². The van der Waals surface area contributed by atoms with Crippen LogP contribution in [0.25, 0.3) is 10.2 Å². The number of hydrogen-bond acceptors (Lipinski definition) is 6. The topological polar surface area (TPSA) is 97.4 Å². The number of aromatic hydroxyl groups is 1. The van der Waals surface area contributed by atoms with Gasteiger partial charge in [0.05, 0.1) is 4.70 Å². The normalized spacial score (nSPS) is 11.6. The third kappa shape index (κ3) is 8.81. The molecule has 6 nitrogen and oxygen atoms in total. The minimum absolute atomic E-state index is 0. The fourth-order valence-electron chi connectivity index (χ4n) is 4.12. The maximum Gasteiger partial charge on any atom is 0.305 e. The number of H-pyrrole nitrogens is 1. The lowest BCUT2D eigenvalue weighted by Crippen LogP contribution is -2.32. The molecule has 0 aliphatic carbocycles. The maximum atomic E-state index is 13.7. The van der Waals surface area contributed by atoms with Gasteiger partial charge in [0, 0.05) is 13.0 Å². The molecule has 0 spiro atoms. The van der Waals surface area contributed by atoms with Crippen molar-refractivity contribution < 1.29 is 14.6 Å². The Balaban J connectivity index is 0.00000241. The Kier molecular flexibility index (Phi) is 12.5. The number of phenols is 1. The zero-order chi connectivity index (χ0) is 24.6. The highest BCUT2D eigenvalue weighted by Gasteiger charge is 2.13. The second-order valence-corrected chi connectivity index (χ2v) is 9.53. The number of hydrogen-bond donors (Lipinski definition) is 5. The molecule has 0 saturated heterocycles. The number of aliphatic hydroxyl groups excluding tert-OH is 1. The van der Waals surface area contributed by atoms with E-state index in [0.717, 1.165) is 48.4 Å². The van der Waals surface area contributed by atoms with Crippen LogP contribution in [0.3, 0.4) is 0 Å². The summed E-state index contributed by atoms with van der Waals surface area (Å²) in [6, 6.07) is 18.5. The summed E-state index contributed by atoms with van der Waals surface area (Å²) in [7, 11) is 0. The first-order valence-corrected chi connectivity index (χ1v) is 12.6. The number of phenolic OH excluding ortho intramolecular Hbond substituents is 1. The number of aromatic amines is 1. The molecule has 0 saturated carbocycles. The molecular formula is C27H32Cl2FN3O3S. The number of benzene rings is 3. The van der Waals surface area contributed by atoms with Gasteiger partial charge in [-0.15, -0.1) is 24.8 Å². The van der Waals surface area contributed by atoms with Crippen molar-refractivity contribution in [2.24, 2.45) is 0 Å². The molecule has 5 N–H and O–H groups in total. The minimum Gasteiger partial charge on any atom is -0.506 e. The molecule has 10 heteroatoms. The van der Waals surface area contributed by atoms with E-state index in [1.165, 1.54) is 23.3 Å².